The van der Waals surface area contributed by atoms with E-state index in [2.05, 4.69) is 9.97 Å². The van der Waals surface area contributed by atoms with Crippen molar-refractivity contribution in [3.63, 3.8) is 0 Å². The van der Waals surface area contributed by atoms with Crippen molar-refractivity contribution in [3.05, 3.63) is 35.0 Å². The number of carbonyl (C=O) groups excluding carboxylic acids is 1. The summed E-state index contributed by atoms with van der Waals surface area (Å²) < 4.78 is 11.3. The smallest absolute Gasteiger partial charge is 0.226 e. The summed E-state index contributed by atoms with van der Waals surface area (Å²) in [5, 5.41) is 0.708. The number of fused-ring (bicyclic) bond motifs is 1. The van der Waals surface area contributed by atoms with Gasteiger partial charge in [-0.2, -0.15) is 4.98 Å². The van der Waals surface area contributed by atoms with E-state index in [1.165, 1.54) is 11.8 Å². The van der Waals surface area contributed by atoms with Gasteiger partial charge in [0, 0.05) is 11.1 Å². The zero-order valence-corrected chi connectivity index (χ0v) is 13.3. The van der Waals surface area contributed by atoms with Crippen molar-refractivity contribution in [2.24, 2.45) is 0 Å². The van der Waals surface area contributed by atoms with Gasteiger partial charge >= 0.3 is 0 Å². The molecule has 1 heterocycles. The lowest BCUT2D eigenvalue weighted by atomic mass is 10.2. The fourth-order valence-corrected chi connectivity index (χ4v) is 2.87. The van der Waals surface area contributed by atoms with Crippen molar-refractivity contribution < 1.29 is 14.3 Å². The molecular weight excluding hydrogens is 300 g/mol. The normalized spacial score (nSPS) is 12.8. The zero-order chi connectivity index (χ0) is 15.5. The maximum Gasteiger partial charge on any atom is 0.226 e. The molecule has 0 N–H and O–H groups in total. The Balaban J connectivity index is 2.00. The molecule has 1 aliphatic rings. The van der Waals surface area contributed by atoms with E-state index < -0.39 is 0 Å². The highest BCUT2D eigenvalue weighted by Crippen LogP contribution is 2.36. The van der Waals surface area contributed by atoms with E-state index in [4.69, 9.17) is 9.47 Å². The van der Waals surface area contributed by atoms with E-state index in [1.54, 1.807) is 25.3 Å². The van der Waals surface area contributed by atoms with Crippen LogP contribution in [0.4, 0.5) is 0 Å². The van der Waals surface area contributed by atoms with Gasteiger partial charge in [0.1, 0.15) is 6.29 Å². The number of thioether (sulfide) groups is 1. The Morgan fingerprint density at radius 1 is 1.23 bits per heavy atom. The lowest BCUT2D eigenvalue weighted by Crippen LogP contribution is -2.01. The molecule has 0 amide bonds. The fraction of sp³-hybridized carbons (Fsp3) is 0.312. The molecule has 0 radical (unpaired) electrons. The number of aryl methyl sites for hydroxylation is 1. The number of aromatic nitrogens is 2. The molecule has 0 fully saturated rings. The van der Waals surface area contributed by atoms with E-state index in [9.17, 15) is 4.79 Å². The van der Waals surface area contributed by atoms with E-state index in [0.717, 1.165) is 36.8 Å². The Morgan fingerprint density at radius 2 is 2.09 bits per heavy atom. The first-order valence-electron chi connectivity index (χ1n) is 7.00. The quantitative estimate of drug-likeness (QED) is 0.479. The van der Waals surface area contributed by atoms with Gasteiger partial charge in [0.05, 0.1) is 12.8 Å². The van der Waals surface area contributed by atoms with E-state index in [-0.39, 0.29) is 0 Å². The maximum atomic E-state index is 10.9. The minimum Gasteiger partial charge on any atom is -0.493 e. The summed E-state index contributed by atoms with van der Waals surface area (Å²) in [4.78, 5) is 19.9. The molecule has 5 nitrogen and oxygen atoms in total. The molecule has 0 atom stereocenters. The van der Waals surface area contributed by atoms with Gasteiger partial charge in [-0.15, -0.1) is 0 Å². The third-order valence-electron chi connectivity index (χ3n) is 3.59. The van der Waals surface area contributed by atoms with Crippen LogP contribution in [-0.4, -0.2) is 29.6 Å². The summed E-state index contributed by atoms with van der Waals surface area (Å²) in [6.45, 7) is 0. The third-order valence-corrected chi connectivity index (χ3v) is 4.14. The molecule has 0 bridgehead atoms. The van der Waals surface area contributed by atoms with Crippen LogP contribution < -0.4 is 9.47 Å². The number of aldehydes is 1. The highest BCUT2D eigenvalue weighted by molar-refractivity contribution is 7.98. The Morgan fingerprint density at radius 3 is 2.82 bits per heavy atom. The minimum absolute atomic E-state index is 0.515. The molecule has 0 saturated heterocycles. The molecule has 3 rings (SSSR count). The molecule has 0 spiro atoms. The Bertz CT molecular complexity index is 719. The summed E-state index contributed by atoms with van der Waals surface area (Å²) in [5.74, 6) is 1.65. The van der Waals surface area contributed by atoms with Crippen molar-refractivity contribution in [2.75, 3.05) is 13.4 Å². The monoisotopic (exact) mass is 316 g/mol. The minimum atomic E-state index is 0.515. The predicted octanol–water partition coefficient (Wildman–Crippen LogP) is 3.30. The van der Waals surface area contributed by atoms with Gasteiger partial charge in [-0.05, 0) is 43.7 Å². The lowest BCUT2D eigenvalue weighted by Gasteiger charge is -2.13. The van der Waals surface area contributed by atoms with Crippen LogP contribution in [0.1, 0.15) is 28.0 Å². The number of benzene rings is 1. The molecule has 2 aromatic rings. The average molecular weight is 316 g/mol. The molecule has 1 aliphatic carbocycles. The van der Waals surface area contributed by atoms with Crippen molar-refractivity contribution in [3.8, 4) is 17.4 Å². The van der Waals surface area contributed by atoms with Crippen molar-refractivity contribution in [1.82, 2.24) is 9.97 Å². The van der Waals surface area contributed by atoms with Crippen molar-refractivity contribution in [1.29, 1.82) is 0 Å². The first-order valence-corrected chi connectivity index (χ1v) is 8.22. The summed E-state index contributed by atoms with van der Waals surface area (Å²) in [7, 11) is 1.55. The predicted molar refractivity (Wildman–Crippen MR) is 84.3 cm³/mol. The fourth-order valence-electron chi connectivity index (χ4n) is 2.50. The van der Waals surface area contributed by atoms with Gasteiger partial charge in [-0.3, -0.25) is 4.79 Å². The molecule has 114 valence electrons. The molecule has 0 aliphatic heterocycles. The Labute approximate surface area is 133 Å². The van der Waals surface area contributed by atoms with E-state index in [0.29, 0.717) is 28.1 Å². The second-order valence-electron chi connectivity index (χ2n) is 4.92. The molecule has 1 aromatic heterocycles. The molecular formula is C16H16N2O3S. The van der Waals surface area contributed by atoms with Crippen LogP contribution in [0, 0.1) is 0 Å². The number of carbonyl (C=O) groups is 1. The Hall–Kier alpha value is -2.08. The van der Waals surface area contributed by atoms with Crippen molar-refractivity contribution in [2.45, 2.75) is 24.4 Å². The van der Waals surface area contributed by atoms with Gasteiger partial charge in [-0.25, -0.2) is 4.98 Å². The van der Waals surface area contributed by atoms with Crippen LogP contribution >= 0.6 is 11.8 Å². The number of hydrogen-bond donors (Lipinski definition) is 0. The maximum absolute atomic E-state index is 10.9. The summed E-state index contributed by atoms with van der Waals surface area (Å²) in [6, 6.07) is 5.08. The van der Waals surface area contributed by atoms with Crippen LogP contribution in [0.3, 0.4) is 0 Å². The lowest BCUT2D eigenvalue weighted by molar-refractivity contribution is 0.112. The number of rotatable bonds is 5. The molecule has 6 heteroatoms. The second-order valence-corrected chi connectivity index (χ2v) is 5.70. The number of hydrogen-bond acceptors (Lipinski definition) is 6. The van der Waals surface area contributed by atoms with Crippen LogP contribution in [0.25, 0.3) is 0 Å². The number of methoxy groups -OCH3 is 1. The third kappa shape index (κ3) is 2.78. The first-order chi connectivity index (χ1) is 10.7. The highest BCUT2D eigenvalue weighted by atomic mass is 32.2. The van der Waals surface area contributed by atoms with E-state index in [1.807, 2.05) is 6.26 Å². The van der Waals surface area contributed by atoms with Gasteiger partial charge < -0.3 is 9.47 Å². The molecule has 1 aromatic carbocycles. The number of ether oxygens (including phenoxy) is 2. The molecule has 0 saturated carbocycles. The topological polar surface area (TPSA) is 61.3 Å². The first kappa shape index (κ1) is 14.8. The van der Waals surface area contributed by atoms with Crippen LogP contribution in [0.2, 0.25) is 0 Å². The van der Waals surface area contributed by atoms with Crippen LogP contribution in [0.15, 0.2) is 23.4 Å². The average Bonchev–Trinajstić information content (AvgIpc) is 3.03. The van der Waals surface area contributed by atoms with Gasteiger partial charge in [0.25, 0.3) is 0 Å². The Kier molecular flexibility index (Phi) is 4.29. The van der Waals surface area contributed by atoms with Crippen LogP contribution in [-0.2, 0) is 12.8 Å². The largest absolute Gasteiger partial charge is 0.493 e. The molecule has 0 unspecified atom stereocenters. The van der Waals surface area contributed by atoms with E-state index >= 15 is 0 Å². The highest BCUT2D eigenvalue weighted by Gasteiger charge is 2.21. The number of nitrogens with zero attached hydrogens (tertiary/aromatic N) is 2. The van der Waals surface area contributed by atoms with Gasteiger partial charge in [0.2, 0.25) is 5.88 Å². The standard InChI is InChI=1S/C16H16N2O3S/c1-20-14-8-10(9-19)6-7-13(14)21-15-11-4-3-5-12(11)17-16(18-15)22-2/h6-9H,3-5H2,1-2H3. The van der Waals surface area contributed by atoms with Crippen molar-refractivity contribution >= 4 is 18.0 Å². The summed E-state index contributed by atoms with van der Waals surface area (Å²) >= 11 is 1.50. The zero-order valence-electron chi connectivity index (χ0n) is 12.5. The second kappa shape index (κ2) is 6.36. The molecule has 22 heavy (non-hydrogen) atoms. The summed E-state index contributed by atoms with van der Waals surface area (Å²) in [6.07, 6.45) is 5.68. The summed E-state index contributed by atoms with van der Waals surface area (Å²) in [5.41, 5.74) is 2.68. The van der Waals surface area contributed by atoms with Gasteiger partial charge in [-0.1, -0.05) is 11.8 Å². The van der Waals surface area contributed by atoms with Crippen LogP contribution in [0.5, 0.6) is 17.4 Å². The SMILES string of the molecule is COc1cc(C=O)ccc1Oc1nc(SC)nc2c1CCC2. The van der Waals surface area contributed by atoms with Gasteiger partial charge in [0.15, 0.2) is 16.7 Å².